The molecule has 0 unspecified atom stereocenters. The maximum atomic E-state index is 13.2. The number of amides is 1. The number of hydrogen-bond acceptors (Lipinski definition) is 3. The van der Waals surface area contributed by atoms with Crippen molar-refractivity contribution in [2.24, 2.45) is 5.92 Å². The van der Waals surface area contributed by atoms with Gasteiger partial charge in [-0.05, 0) is 52.9 Å². The number of hydrogen-bond donors (Lipinski definition) is 1. The number of carbonyl (C=O) groups excluding carboxylic acids is 2. The van der Waals surface area contributed by atoms with E-state index in [1.165, 1.54) is 5.39 Å². The Kier molecular flexibility index (Phi) is 5.40. The van der Waals surface area contributed by atoms with E-state index >= 15 is 0 Å². The molecular formula is C28H27N2O2. The Balaban J connectivity index is 1.26. The van der Waals surface area contributed by atoms with E-state index in [4.69, 9.17) is 0 Å². The molecule has 0 spiro atoms. The predicted molar refractivity (Wildman–Crippen MR) is 127 cm³/mol. The normalized spacial score (nSPS) is 16.9. The molecule has 4 nitrogen and oxygen atoms in total. The maximum Gasteiger partial charge on any atom is 0.252 e. The van der Waals surface area contributed by atoms with Crippen molar-refractivity contribution < 1.29 is 9.59 Å². The standard InChI is InChI=1S/C28H27N2O2/c1-18-10-11-20(15-30-16-23(17-30)27(31)22-12-13-22)14-26(18)28(32)29-19(2)24-9-5-7-21-6-3-4-8-25(21)24/h3-14,19,23H,15-17H2,1-2H3,(H,29,32)/t19-/m1/s1. The summed E-state index contributed by atoms with van der Waals surface area (Å²) in [6, 6.07) is 20.4. The Morgan fingerprint density at radius 1 is 1.06 bits per heavy atom. The molecule has 161 valence electrons. The molecule has 4 heteroatoms. The van der Waals surface area contributed by atoms with Crippen LogP contribution >= 0.6 is 0 Å². The largest absolute Gasteiger partial charge is 0.345 e. The van der Waals surface area contributed by atoms with Crippen LogP contribution in [0.25, 0.3) is 10.8 Å². The van der Waals surface area contributed by atoms with Crippen molar-refractivity contribution in [3.8, 4) is 0 Å². The summed E-state index contributed by atoms with van der Waals surface area (Å²) in [4.78, 5) is 27.5. The van der Waals surface area contributed by atoms with Gasteiger partial charge in [-0.15, -0.1) is 0 Å². The van der Waals surface area contributed by atoms with Crippen molar-refractivity contribution in [2.45, 2.75) is 26.4 Å². The Labute approximate surface area is 188 Å². The second-order valence-electron chi connectivity index (χ2n) is 8.96. The van der Waals surface area contributed by atoms with Gasteiger partial charge in [-0.2, -0.15) is 0 Å². The maximum absolute atomic E-state index is 13.2. The monoisotopic (exact) mass is 423 g/mol. The molecule has 1 amide bonds. The van der Waals surface area contributed by atoms with Crippen molar-refractivity contribution in [1.29, 1.82) is 0 Å². The Hall–Kier alpha value is -3.24. The highest BCUT2D eigenvalue weighted by Crippen LogP contribution is 2.29. The van der Waals surface area contributed by atoms with Crippen LogP contribution in [0.1, 0.15) is 40.0 Å². The summed E-state index contributed by atoms with van der Waals surface area (Å²) in [5, 5.41) is 5.52. The zero-order chi connectivity index (χ0) is 22.2. The van der Waals surface area contributed by atoms with Gasteiger partial charge in [0.15, 0.2) is 5.78 Å². The first-order chi connectivity index (χ1) is 15.5. The molecule has 1 atom stereocenters. The molecule has 1 N–H and O–H groups in total. The van der Waals surface area contributed by atoms with E-state index in [2.05, 4.69) is 40.5 Å². The molecule has 32 heavy (non-hydrogen) atoms. The molecule has 1 saturated heterocycles. The van der Waals surface area contributed by atoms with Crippen molar-refractivity contribution in [3.63, 3.8) is 0 Å². The van der Waals surface area contributed by atoms with Crippen molar-refractivity contribution >= 4 is 22.5 Å². The van der Waals surface area contributed by atoms with Crippen LogP contribution in [0.2, 0.25) is 0 Å². The molecular weight excluding hydrogens is 396 g/mol. The van der Waals surface area contributed by atoms with Crippen LogP contribution in [0.3, 0.4) is 0 Å². The number of likely N-dealkylation sites (tertiary alicyclic amines) is 1. The van der Waals surface area contributed by atoms with Gasteiger partial charge in [0.25, 0.3) is 5.91 Å². The quantitative estimate of drug-likeness (QED) is 0.595. The van der Waals surface area contributed by atoms with E-state index < -0.39 is 0 Å². The first-order valence-electron chi connectivity index (χ1n) is 11.2. The number of allylic oxidation sites excluding steroid dienone is 2. The summed E-state index contributed by atoms with van der Waals surface area (Å²) in [5.74, 6) is 0.333. The summed E-state index contributed by atoms with van der Waals surface area (Å²) in [7, 11) is 0. The number of fused-ring (bicyclic) bond motifs is 1. The number of nitrogens with one attached hydrogen (secondary N) is 1. The molecule has 1 aliphatic heterocycles. The average molecular weight is 424 g/mol. The lowest BCUT2D eigenvalue weighted by Crippen LogP contribution is -2.49. The molecule has 1 heterocycles. The molecule has 3 aromatic carbocycles. The van der Waals surface area contributed by atoms with Gasteiger partial charge in [-0.1, -0.05) is 60.7 Å². The van der Waals surface area contributed by atoms with Crippen LogP contribution in [0.5, 0.6) is 0 Å². The smallest absolute Gasteiger partial charge is 0.252 e. The zero-order valence-electron chi connectivity index (χ0n) is 18.5. The highest BCUT2D eigenvalue weighted by atomic mass is 16.1. The average Bonchev–Trinajstić information content (AvgIpc) is 3.61. The summed E-state index contributed by atoms with van der Waals surface area (Å²) in [6.07, 6.45) is 3.77. The minimum Gasteiger partial charge on any atom is -0.345 e. The van der Waals surface area contributed by atoms with Gasteiger partial charge in [0, 0.05) is 37.5 Å². The number of aryl methyl sites for hydroxylation is 1. The fraction of sp³-hybridized carbons (Fsp3) is 0.250. The third-order valence-corrected chi connectivity index (χ3v) is 6.54. The van der Waals surface area contributed by atoms with Gasteiger partial charge in [0.05, 0.1) is 6.04 Å². The lowest BCUT2D eigenvalue weighted by atomic mass is 9.92. The Morgan fingerprint density at radius 3 is 2.59 bits per heavy atom. The van der Waals surface area contributed by atoms with Gasteiger partial charge in [0.1, 0.15) is 0 Å². The minimum absolute atomic E-state index is 0.0577. The fourth-order valence-electron chi connectivity index (χ4n) is 4.56. The molecule has 1 fully saturated rings. The van der Waals surface area contributed by atoms with Crippen LogP contribution in [-0.4, -0.2) is 29.7 Å². The van der Waals surface area contributed by atoms with E-state index in [9.17, 15) is 9.59 Å². The molecule has 0 bridgehead atoms. The second kappa shape index (κ2) is 8.36. The molecule has 3 aromatic rings. The molecule has 5 rings (SSSR count). The number of ketones is 1. The Bertz CT molecular complexity index is 1230. The van der Waals surface area contributed by atoms with E-state index in [1.54, 1.807) is 0 Å². The van der Waals surface area contributed by atoms with Crippen LogP contribution in [-0.2, 0) is 11.3 Å². The van der Waals surface area contributed by atoms with E-state index in [-0.39, 0.29) is 23.7 Å². The highest BCUT2D eigenvalue weighted by molar-refractivity contribution is 6.05. The number of Topliss-reactive ketones (excluding diaryl/α,β-unsaturated/α-hetero) is 1. The minimum atomic E-state index is -0.104. The molecule has 2 aliphatic rings. The second-order valence-corrected chi connectivity index (χ2v) is 8.96. The van der Waals surface area contributed by atoms with Crippen LogP contribution in [0.15, 0.2) is 72.3 Å². The number of carbonyl (C=O) groups is 2. The summed E-state index contributed by atoms with van der Waals surface area (Å²) in [5.41, 5.74) is 4.76. The molecule has 1 aliphatic carbocycles. The van der Waals surface area contributed by atoms with Gasteiger partial charge in [0.2, 0.25) is 0 Å². The van der Waals surface area contributed by atoms with E-state index in [0.717, 1.165) is 47.3 Å². The third kappa shape index (κ3) is 4.11. The SMILES string of the molecule is Cc1ccc(CN2CC(C(=O)C3=C[CH]3)C2)cc1C(=O)N[C@H](C)c1cccc2ccccc12. The topological polar surface area (TPSA) is 49.4 Å². The van der Waals surface area contributed by atoms with Crippen molar-refractivity contribution in [3.05, 3.63) is 101 Å². The lowest BCUT2D eigenvalue weighted by Gasteiger charge is -2.38. The number of nitrogens with zero attached hydrogens (tertiary/aromatic N) is 1. The number of rotatable bonds is 7. The molecule has 0 aromatic heterocycles. The highest BCUT2D eigenvalue weighted by Gasteiger charge is 2.35. The summed E-state index contributed by atoms with van der Waals surface area (Å²) >= 11 is 0. The van der Waals surface area contributed by atoms with Crippen molar-refractivity contribution in [2.75, 3.05) is 13.1 Å². The van der Waals surface area contributed by atoms with Crippen LogP contribution in [0.4, 0.5) is 0 Å². The van der Waals surface area contributed by atoms with Crippen LogP contribution in [0, 0.1) is 19.3 Å². The molecule has 0 saturated carbocycles. The third-order valence-electron chi connectivity index (χ3n) is 6.54. The van der Waals surface area contributed by atoms with Crippen molar-refractivity contribution in [1.82, 2.24) is 10.2 Å². The first-order valence-corrected chi connectivity index (χ1v) is 11.2. The fourth-order valence-corrected chi connectivity index (χ4v) is 4.56. The molecule has 1 radical (unpaired) electrons. The lowest BCUT2D eigenvalue weighted by molar-refractivity contribution is -0.123. The zero-order valence-corrected chi connectivity index (χ0v) is 18.5. The van der Waals surface area contributed by atoms with Gasteiger partial charge in [-0.25, -0.2) is 0 Å². The van der Waals surface area contributed by atoms with E-state index in [0.29, 0.717) is 5.56 Å². The number of benzene rings is 3. The van der Waals surface area contributed by atoms with Gasteiger partial charge in [-0.3, -0.25) is 14.5 Å². The van der Waals surface area contributed by atoms with Gasteiger partial charge < -0.3 is 5.32 Å². The summed E-state index contributed by atoms with van der Waals surface area (Å²) < 4.78 is 0. The van der Waals surface area contributed by atoms with Crippen LogP contribution < -0.4 is 5.32 Å². The summed E-state index contributed by atoms with van der Waals surface area (Å²) in [6.45, 7) is 6.34. The Morgan fingerprint density at radius 2 is 1.81 bits per heavy atom. The predicted octanol–water partition coefficient (Wildman–Crippen LogP) is 4.78. The first kappa shape index (κ1) is 20.7. The van der Waals surface area contributed by atoms with Gasteiger partial charge >= 0.3 is 0 Å². The van der Waals surface area contributed by atoms with E-state index in [1.807, 2.05) is 56.7 Å².